The molecule has 0 aromatic heterocycles. The highest BCUT2D eigenvalue weighted by atomic mass is 32.2. The first kappa shape index (κ1) is 13.8. The molecule has 2 unspecified atom stereocenters. The lowest BCUT2D eigenvalue weighted by Crippen LogP contribution is -2.32. The van der Waals surface area contributed by atoms with Crippen molar-refractivity contribution in [2.45, 2.75) is 39.3 Å². The van der Waals surface area contributed by atoms with Gasteiger partial charge in [-0.25, -0.2) is 4.39 Å². The van der Waals surface area contributed by atoms with E-state index in [4.69, 9.17) is 9.29 Å². The fourth-order valence-corrected chi connectivity index (χ4v) is 1.26. The van der Waals surface area contributed by atoms with Gasteiger partial charge in [0.25, 0.3) is 15.6 Å². The van der Waals surface area contributed by atoms with Crippen molar-refractivity contribution in [3.63, 3.8) is 0 Å². The van der Waals surface area contributed by atoms with Gasteiger partial charge in [-0.2, -0.15) is 8.42 Å². The normalized spacial score (nSPS) is 17.9. The molecule has 0 amide bonds. The maximum Gasteiger partial charge on any atom is 0.300 e. The molecule has 0 aromatic rings. The van der Waals surface area contributed by atoms with Gasteiger partial charge in [0.15, 0.2) is 0 Å². The van der Waals surface area contributed by atoms with E-state index >= 15 is 0 Å². The summed E-state index contributed by atoms with van der Waals surface area (Å²) in [5, 5.41) is 0. The summed E-state index contributed by atoms with van der Waals surface area (Å²) >= 11 is 0. The smallest absolute Gasteiger partial charge is 0.300 e. The summed E-state index contributed by atoms with van der Waals surface area (Å²) in [6, 6.07) is 0. The van der Waals surface area contributed by atoms with E-state index in [0.717, 1.165) is 0 Å². The fourth-order valence-electron chi connectivity index (χ4n) is 0.699. The Balaban J connectivity index is 4.17. The maximum atomic E-state index is 12.9. The Labute approximate surface area is 84.2 Å². The van der Waals surface area contributed by atoms with E-state index in [0.29, 0.717) is 0 Å². The Morgan fingerprint density at radius 1 is 1.43 bits per heavy atom. The van der Waals surface area contributed by atoms with Gasteiger partial charge < -0.3 is 4.74 Å². The second-order valence-corrected chi connectivity index (χ2v) is 5.92. The summed E-state index contributed by atoms with van der Waals surface area (Å²) < 4.78 is 47.1. The Morgan fingerprint density at radius 2 is 1.86 bits per heavy atom. The van der Waals surface area contributed by atoms with Gasteiger partial charge in [0.1, 0.15) is 6.10 Å². The van der Waals surface area contributed by atoms with Crippen LogP contribution in [0.3, 0.4) is 0 Å². The molecule has 0 fully saturated rings. The predicted molar refractivity (Wildman–Crippen MR) is 51.3 cm³/mol. The third kappa shape index (κ3) is 5.51. The number of hydrogen-bond donors (Lipinski definition) is 1. The number of halogens is 1. The van der Waals surface area contributed by atoms with Gasteiger partial charge in [-0.05, 0) is 12.3 Å². The average molecular weight is 228 g/mol. The summed E-state index contributed by atoms with van der Waals surface area (Å²) in [5.41, 5.74) is -2.56. The molecule has 86 valence electrons. The third-order valence-corrected chi connectivity index (χ3v) is 2.39. The molecular weight excluding hydrogens is 211 g/mol. The minimum absolute atomic E-state index is 0.173. The van der Waals surface area contributed by atoms with Crippen LogP contribution in [0.4, 0.5) is 4.39 Å². The van der Waals surface area contributed by atoms with Crippen LogP contribution >= 0.6 is 0 Å². The van der Waals surface area contributed by atoms with Crippen LogP contribution in [0, 0.1) is 5.41 Å². The summed E-state index contributed by atoms with van der Waals surface area (Å²) in [7, 11) is -4.66. The molecule has 0 rings (SSSR count). The van der Waals surface area contributed by atoms with E-state index in [1.807, 2.05) is 20.8 Å². The number of ether oxygens (including phenoxy) is 1. The minimum atomic E-state index is -4.66. The van der Waals surface area contributed by atoms with Crippen molar-refractivity contribution in [1.29, 1.82) is 0 Å². The first-order chi connectivity index (χ1) is 6.04. The minimum Gasteiger partial charge on any atom is -0.374 e. The second kappa shape index (κ2) is 4.55. The van der Waals surface area contributed by atoms with Gasteiger partial charge in [-0.1, -0.05) is 20.8 Å². The zero-order valence-electron chi connectivity index (χ0n) is 8.82. The van der Waals surface area contributed by atoms with Crippen LogP contribution in [-0.4, -0.2) is 31.2 Å². The Bertz CT molecular complexity index is 268. The highest BCUT2D eigenvalue weighted by Crippen LogP contribution is 2.17. The summed E-state index contributed by atoms with van der Waals surface area (Å²) in [4.78, 5) is 0. The van der Waals surface area contributed by atoms with E-state index in [1.165, 1.54) is 6.92 Å². The largest absolute Gasteiger partial charge is 0.374 e. The van der Waals surface area contributed by atoms with E-state index in [9.17, 15) is 12.8 Å². The van der Waals surface area contributed by atoms with Gasteiger partial charge in [-0.3, -0.25) is 4.55 Å². The second-order valence-electron chi connectivity index (χ2n) is 4.44. The molecule has 6 heteroatoms. The lowest BCUT2D eigenvalue weighted by Gasteiger charge is -2.22. The Kier molecular flexibility index (Phi) is 4.48. The van der Waals surface area contributed by atoms with Crippen molar-refractivity contribution in [3.05, 3.63) is 0 Å². The van der Waals surface area contributed by atoms with E-state index in [2.05, 4.69) is 0 Å². The molecule has 0 aliphatic carbocycles. The highest BCUT2D eigenvalue weighted by molar-refractivity contribution is 7.86. The fraction of sp³-hybridized carbons (Fsp3) is 1.00. The molecule has 0 aromatic carbocycles. The molecular formula is C8H17FO4S. The van der Waals surface area contributed by atoms with Gasteiger partial charge in [0.05, 0.1) is 6.61 Å². The van der Waals surface area contributed by atoms with Gasteiger partial charge in [0, 0.05) is 0 Å². The van der Waals surface area contributed by atoms with Gasteiger partial charge >= 0.3 is 0 Å². The maximum absolute atomic E-state index is 12.9. The van der Waals surface area contributed by atoms with Crippen LogP contribution in [0.25, 0.3) is 0 Å². The van der Waals surface area contributed by atoms with Crippen LogP contribution in [0.1, 0.15) is 27.7 Å². The van der Waals surface area contributed by atoms with Crippen molar-refractivity contribution in [2.24, 2.45) is 5.41 Å². The SMILES string of the molecule is CC(OCC(C)(C)C)C(F)S(=O)(=O)O. The average Bonchev–Trinajstić information content (AvgIpc) is 1.95. The number of rotatable bonds is 4. The van der Waals surface area contributed by atoms with Gasteiger partial charge in [0.2, 0.25) is 0 Å². The summed E-state index contributed by atoms with van der Waals surface area (Å²) in [5.74, 6) is 0. The molecule has 0 saturated heterocycles. The van der Waals surface area contributed by atoms with E-state index in [1.54, 1.807) is 0 Å². The van der Waals surface area contributed by atoms with Crippen molar-refractivity contribution in [3.8, 4) is 0 Å². The molecule has 0 aliphatic rings. The molecule has 0 spiro atoms. The standard InChI is InChI=1S/C8H17FO4S/c1-6(7(9)14(10,11)12)13-5-8(2,3)4/h6-7H,5H2,1-4H3,(H,10,11,12). The monoisotopic (exact) mass is 228 g/mol. The van der Waals surface area contributed by atoms with Crippen molar-refractivity contribution >= 4 is 10.1 Å². The Hall–Kier alpha value is -0.200. The molecule has 0 saturated carbocycles. The van der Waals surface area contributed by atoms with Crippen LogP contribution in [-0.2, 0) is 14.9 Å². The lowest BCUT2D eigenvalue weighted by molar-refractivity contribution is -0.00498. The third-order valence-electron chi connectivity index (χ3n) is 1.43. The molecule has 1 N–H and O–H groups in total. The molecule has 0 aliphatic heterocycles. The van der Waals surface area contributed by atoms with Gasteiger partial charge in [-0.15, -0.1) is 0 Å². The molecule has 0 heterocycles. The quantitative estimate of drug-likeness (QED) is 0.743. The van der Waals surface area contributed by atoms with Crippen LogP contribution in [0.5, 0.6) is 0 Å². The zero-order chi connectivity index (χ0) is 11.6. The summed E-state index contributed by atoms with van der Waals surface area (Å²) in [6.07, 6.45) is -1.16. The van der Waals surface area contributed by atoms with E-state index in [-0.39, 0.29) is 12.0 Å². The van der Waals surface area contributed by atoms with Crippen molar-refractivity contribution in [1.82, 2.24) is 0 Å². The number of alkyl halides is 1. The first-order valence-corrected chi connectivity index (χ1v) is 5.76. The zero-order valence-corrected chi connectivity index (χ0v) is 9.64. The summed E-state index contributed by atoms with van der Waals surface area (Å²) in [6.45, 7) is 7.12. The highest BCUT2D eigenvalue weighted by Gasteiger charge is 2.30. The molecule has 14 heavy (non-hydrogen) atoms. The molecule has 0 radical (unpaired) electrons. The van der Waals surface area contributed by atoms with Crippen LogP contribution in [0.15, 0.2) is 0 Å². The van der Waals surface area contributed by atoms with Crippen LogP contribution < -0.4 is 0 Å². The van der Waals surface area contributed by atoms with Crippen LogP contribution in [0.2, 0.25) is 0 Å². The van der Waals surface area contributed by atoms with Crippen molar-refractivity contribution in [2.75, 3.05) is 6.61 Å². The molecule has 4 nitrogen and oxygen atoms in total. The molecule has 0 bridgehead atoms. The predicted octanol–water partition coefficient (Wildman–Crippen LogP) is 1.62. The number of hydrogen-bond acceptors (Lipinski definition) is 3. The van der Waals surface area contributed by atoms with Crippen molar-refractivity contribution < 1.29 is 22.1 Å². The first-order valence-electron chi connectivity index (χ1n) is 4.26. The Morgan fingerprint density at radius 3 is 2.14 bits per heavy atom. The molecule has 2 atom stereocenters. The lowest BCUT2D eigenvalue weighted by atomic mass is 9.99. The van der Waals surface area contributed by atoms with E-state index < -0.39 is 21.7 Å². The topological polar surface area (TPSA) is 63.6 Å².